The van der Waals surface area contributed by atoms with Crippen LogP contribution in [0.4, 0.5) is 5.69 Å². The summed E-state index contributed by atoms with van der Waals surface area (Å²) in [5.41, 5.74) is 2.46. The van der Waals surface area contributed by atoms with Gasteiger partial charge in [0.15, 0.2) is 0 Å². The largest absolute Gasteiger partial charge is 0.497 e. The summed E-state index contributed by atoms with van der Waals surface area (Å²) in [4.78, 5) is 27.5. The Hall–Kier alpha value is -3.07. The van der Waals surface area contributed by atoms with Gasteiger partial charge in [-0.2, -0.15) is 0 Å². The Morgan fingerprint density at radius 2 is 1.69 bits per heavy atom. The Kier molecular flexibility index (Phi) is 10.6. The fraction of sp³-hybridized carbons (Fsp3) is 0.462. The number of amides is 2. The zero-order valence-electron chi connectivity index (χ0n) is 21.3. The van der Waals surface area contributed by atoms with Crippen molar-refractivity contribution in [2.24, 2.45) is 0 Å². The molecule has 0 fully saturated rings. The van der Waals surface area contributed by atoms with Gasteiger partial charge >= 0.3 is 0 Å². The molecule has 0 spiro atoms. The van der Waals surface area contributed by atoms with E-state index >= 15 is 0 Å². The van der Waals surface area contributed by atoms with Crippen LogP contribution in [0.5, 0.6) is 5.75 Å². The van der Waals surface area contributed by atoms with Gasteiger partial charge in [-0.1, -0.05) is 36.8 Å². The lowest BCUT2D eigenvalue weighted by Gasteiger charge is -2.29. The number of aryl methyl sites for hydroxylation is 1. The van der Waals surface area contributed by atoms with Crippen molar-refractivity contribution in [3.63, 3.8) is 0 Å². The Bertz CT molecular complexity index is 1070. The number of benzene rings is 2. The Balaban J connectivity index is 2.14. The van der Waals surface area contributed by atoms with E-state index in [-0.39, 0.29) is 31.3 Å². The van der Waals surface area contributed by atoms with Crippen LogP contribution in [0.3, 0.4) is 0 Å². The van der Waals surface area contributed by atoms with Crippen molar-refractivity contribution >= 4 is 27.5 Å². The minimum absolute atomic E-state index is 0.111. The average Bonchev–Trinajstić information content (AvgIpc) is 2.83. The zero-order chi connectivity index (χ0) is 26.0. The molecule has 0 saturated carbocycles. The summed E-state index contributed by atoms with van der Waals surface area (Å²) >= 11 is 0. The molecule has 2 aromatic rings. The maximum absolute atomic E-state index is 13.3. The molecule has 0 aliphatic heterocycles. The number of anilines is 1. The second kappa shape index (κ2) is 13.1. The number of ether oxygens (including phenoxy) is 1. The summed E-state index contributed by atoms with van der Waals surface area (Å²) in [6, 6.07) is 13.9. The molecule has 0 aliphatic rings. The van der Waals surface area contributed by atoms with Gasteiger partial charge in [0, 0.05) is 26.1 Å². The standard InChI is InChI=1S/C26H37N3O5S/c1-6-17-27-26(31)21(3)28(19-22-11-15-24(34-4)16-12-22)25(30)8-7-18-29(35(5,32)33)23-13-9-20(2)10-14-23/h9-16,21H,6-8,17-19H2,1-5H3,(H,27,31). The first-order valence-electron chi connectivity index (χ1n) is 11.8. The van der Waals surface area contributed by atoms with Gasteiger partial charge in [0.25, 0.3) is 0 Å². The van der Waals surface area contributed by atoms with E-state index in [0.29, 0.717) is 24.4 Å². The lowest BCUT2D eigenvalue weighted by atomic mass is 10.1. The highest BCUT2D eigenvalue weighted by Crippen LogP contribution is 2.20. The summed E-state index contributed by atoms with van der Waals surface area (Å²) in [5.74, 6) is 0.279. The molecular formula is C26H37N3O5S. The van der Waals surface area contributed by atoms with E-state index in [1.54, 1.807) is 31.1 Å². The molecule has 0 saturated heterocycles. The molecule has 2 rings (SSSR count). The molecule has 1 N–H and O–H groups in total. The first-order valence-corrected chi connectivity index (χ1v) is 13.7. The third kappa shape index (κ3) is 8.58. The second-order valence-electron chi connectivity index (χ2n) is 8.61. The van der Waals surface area contributed by atoms with Crippen molar-refractivity contribution in [1.82, 2.24) is 10.2 Å². The second-order valence-corrected chi connectivity index (χ2v) is 10.5. The fourth-order valence-electron chi connectivity index (χ4n) is 3.62. The minimum atomic E-state index is -3.51. The number of hydrogen-bond acceptors (Lipinski definition) is 5. The molecule has 0 bridgehead atoms. The topological polar surface area (TPSA) is 96.0 Å². The van der Waals surface area contributed by atoms with Crippen LogP contribution < -0.4 is 14.4 Å². The lowest BCUT2D eigenvalue weighted by molar-refractivity contribution is -0.140. The number of carbonyl (C=O) groups is 2. The molecule has 0 radical (unpaired) electrons. The van der Waals surface area contributed by atoms with Crippen molar-refractivity contribution in [3.05, 3.63) is 59.7 Å². The maximum Gasteiger partial charge on any atom is 0.242 e. The highest BCUT2D eigenvalue weighted by atomic mass is 32.2. The molecule has 0 aromatic heterocycles. The van der Waals surface area contributed by atoms with Gasteiger partial charge in [0.1, 0.15) is 11.8 Å². The van der Waals surface area contributed by atoms with E-state index in [2.05, 4.69) is 5.32 Å². The van der Waals surface area contributed by atoms with E-state index in [1.807, 2.05) is 50.2 Å². The van der Waals surface area contributed by atoms with Gasteiger partial charge in [-0.05, 0) is 56.5 Å². The number of nitrogens with zero attached hydrogens (tertiary/aromatic N) is 2. The van der Waals surface area contributed by atoms with Crippen molar-refractivity contribution in [1.29, 1.82) is 0 Å². The van der Waals surface area contributed by atoms with Gasteiger partial charge < -0.3 is 15.0 Å². The summed E-state index contributed by atoms with van der Waals surface area (Å²) < 4.78 is 31.3. The average molecular weight is 504 g/mol. The van der Waals surface area contributed by atoms with Crippen LogP contribution in [-0.4, -0.2) is 57.6 Å². The van der Waals surface area contributed by atoms with Crippen molar-refractivity contribution in [3.8, 4) is 5.75 Å². The van der Waals surface area contributed by atoms with Crippen LogP contribution >= 0.6 is 0 Å². The fourth-order valence-corrected chi connectivity index (χ4v) is 4.59. The van der Waals surface area contributed by atoms with Crippen LogP contribution in [0.1, 0.15) is 44.2 Å². The molecule has 1 unspecified atom stereocenters. The number of rotatable bonds is 13. The van der Waals surface area contributed by atoms with E-state index < -0.39 is 16.1 Å². The highest BCUT2D eigenvalue weighted by Gasteiger charge is 2.26. The van der Waals surface area contributed by atoms with Gasteiger partial charge in [-0.15, -0.1) is 0 Å². The minimum Gasteiger partial charge on any atom is -0.497 e. The number of methoxy groups -OCH3 is 1. The van der Waals surface area contributed by atoms with Gasteiger partial charge in [0.2, 0.25) is 21.8 Å². The number of nitrogens with one attached hydrogen (secondary N) is 1. The highest BCUT2D eigenvalue weighted by molar-refractivity contribution is 7.92. The summed E-state index contributed by atoms with van der Waals surface area (Å²) in [6.07, 6.45) is 2.39. The van der Waals surface area contributed by atoms with Crippen LogP contribution in [0.25, 0.3) is 0 Å². The molecule has 2 amide bonds. The monoisotopic (exact) mass is 503 g/mol. The van der Waals surface area contributed by atoms with Crippen molar-refractivity contribution < 1.29 is 22.7 Å². The molecule has 8 nitrogen and oxygen atoms in total. The molecular weight excluding hydrogens is 466 g/mol. The van der Waals surface area contributed by atoms with E-state index in [0.717, 1.165) is 23.8 Å². The van der Waals surface area contributed by atoms with E-state index in [4.69, 9.17) is 4.74 Å². The summed E-state index contributed by atoms with van der Waals surface area (Å²) in [6.45, 7) is 6.57. The zero-order valence-corrected chi connectivity index (χ0v) is 22.1. The van der Waals surface area contributed by atoms with E-state index in [9.17, 15) is 18.0 Å². The number of hydrogen-bond donors (Lipinski definition) is 1. The van der Waals surface area contributed by atoms with Gasteiger partial charge in [0.05, 0.1) is 19.1 Å². The smallest absolute Gasteiger partial charge is 0.242 e. The Morgan fingerprint density at radius 1 is 1.06 bits per heavy atom. The summed E-state index contributed by atoms with van der Waals surface area (Å²) in [7, 11) is -1.93. The third-order valence-corrected chi connectivity index (χ3v) is 6.90. The van der Waals surface area contributed by atoms with Crippen LogP contribution in [0, 0.1) is 6.92 Å². The SMILES string of the molecule is CCCNC(=O)C(C)N(Cc1ccc(OC)cc1)C(=O)CCCN(c1ccc(C)cc1)S(C)(=O)=O. The molecule has 9 heteroatoms. The van der Waals surface area contributed by atoms with Crippen LogP contribution in [0.15, 0.2) is 48.5 Å². The lowest BCUT2D eigenvalue weighted by Crippen LogP contribution is -2.47. The number of carbonyl (C=O) groups excluding carboxylic acids is 2. The molecule has 192 valence electrons. The predicted octanol–water partition coefficient (Wildman–Crippen LogP) is 3.49. The third-order valence-electron chi connectivity index (χ3n) is 5.70. The maximum atomic E-state index is 13.3. The molecule has 0 heterocycles. The Morgan fingerprint density at radius 3 is 2.23 bits per heavy atom. The van der Waals surface area contributed by atoms with Gasteiger partial charge in [-0.3, -0.25) is 13.9 Å². The quantitative estimate of drug-likeness (QED) is 0.451. The molecule has 1 atom stereocenters. The number of sulfonamides is 1. The van der Waals surface area contributed by atoms with Crippen LogP contribution in [0.2, 0.25) is 0 Å². The molecule has 35 heavy (non-hydrogen) atoms. The molecule has 2 aromatic carbocycles. The predicted molar refractivity (Wildman–Crippen MR) is 139 cm³/mol. The first-order chi connectivity index (χ1) is 16.6. The van der Waals surface area contributed by atoms with Crippen molar-refractivity contribution in [2.45, 2.75) is 52.6 Å². The Labute approximate surface area is 209 Å². The summed E-state index contributed by atoms with van der Waals surface area (Å²) in [5, 5.41) is 2.85. The first kappa shape index (κ1) is 28.2. The molecule has 0 aliphatic carbocycles. The van der Waals surface area contributed by atoms with E-state index in [1.165, 1.54) is 4.31 Å². The van der Waals surface area contributed by atoms with Crippen LogP contribution in [-0.2, 0) is 26.2 Å². The van der Waals surface area contributed by atoms with Gasteiger partial charge in [-0.25, -0.2) is 8.42 Å². The van der Waals surface area contributed by atoms with Crippen molar-refractivity contribution in [2.75, 3.05) is 30.8 Å². The normalized spacial score (nSPS) is 12.0.